The Bertz CT molecular complexity index is 940. The van der Waals surface area contributed by atoms with Crippen LogP contribution in [0.1, 0.15) is 33.1 Å². The summed E-state index contributed by atoms with van der Waals surface area (Å²) in [5, 5.41) is 2.82. The summed E-state index contributed by atoms with van der Waals surface area (Å²) < 4.78 is 6.09. The highest BCUT2D eigenvalue weighted by atomic mass is 16.4. The minimum Gasteiger partial charge on any atom is -0.440 e. The first-order valence-electron chi connectivity index (χ1n) is 10.7. The number of aryl methyl sites for hydroxylation is 1. The Balaban J connectivity index is 1.75. The first kappa shape index (κ1) is 22.3. The molecule has 0 saturated heterocycles. The van der Waals surface area contributed by atoms with E-state index in [9.17, 15) is 9.59 Å². The second kappa shape index (κ2) is 10.6. The molecule has 0 unspecified atom stereocenters. The van der Waals surface area contributed by atoms with Crippen molar-refractivity contribution in [3.8, 4) is 22.6 Å². The molecule has 3 rings (SSSR count). The van der Waals surface area contributed by atoms with E-state index in [0.29, 0.717) is 24.6 Å². The first-order chi connectivity index (χ1) is 15.0. The maximum absolute atomic E-state index is 12.7. The molecule has 0 fully saturated rings. The molecular formula is C25H29N3O3. The van der Waals surface area contributed by atoms with Crippen LogP contribution in [0, 0.1) is 0 Å². The smallest absolute Gasteiger partial charge is 0.239 e. The largest absolute Gasteiger partial charge is 0.440 e. The van der Waals surface area contributed by atoms with Crippen molar-refractivity contribution >= 4 is 11.8 Å². The molecule has 0 radical (unpaired) electrons. The lowest BCUT2D eigenvalue weighted by atomic mass is 10.1. The van der Waals surface area contributed by atoms with Crippen LogP contribution in [0.3, 0.4) is 0 Å². The van der Waals surface area contributed by atoms with Crippen LogP contribution in [0.2, 0.25) is 0 Å². The number of carbonyl (C=O) groups excluding carboxylic acids is 2. The number of oxazole rings is 1. The normalized spacial score (nSPS) is 10.8. The highest BCUT2D eigenvalue weighted by molar-refractivity contribution is 5.85. The second-order valence-corrected chi connectivity index (χ2v) is 7.65. The van der Waals surface area contributed by atoms with Crippen LogP contribution in [0.15, 0.2) is 65.1 Å². The first-order valence-corrected chi connectivity index (χ1v) is 10.7. The maximum atomic E-state index is 12.7. The number of likely N-dealkylation sites (N-methyl/N-ethyl adjacent to an activating group) is 1. The number of amides is 2. The van der Waals surface area contributed by atoms with Gasteiger partial charge >= 0.3 is 0 Å². The molecule has 31 heavy (non-hydrogen) atoms. The van der Waals surface area contributed by atoms with Crippen molar-refractivity contribution in [3.63, 3.8) is 0 Å². The Morgan fingerprint density at radius 3 is 2.19 bits per heavy atom. The van der Waals surface area contributed by atoms with Crippen molar-refractivity contribution < 1.29 is 14.0 Å². The van der Waals surface area contributed by atoms with Gasteiger partial charge in [0.1, 0.15) is 5.69 Å². The number of nitrogens with zero attached hydrogens (tertiary/aromatic N) is 2. The van der Waals surface area contributed by atoms with E-state index in [1.54, 1.807) is 4.90 Å². The molecule has 0 aliphatic rings. The molecule has 3 aromatic rings. The van der Waals surface area contributed by atoms with Crippen molar-refractivity contribution in [1.82, 2.24) is 15.2 Å². The summed E-state index contributed by atoms with van der Waals surface area (Å²) >= 11 is 0. The monoisotopic (exact) mass is 419 g/mol. The molecule has 0 aliphatic carbocycles. The number of hydrogen-bond acceptors (Lipinski definition) is 4. The Morgan fingerprint density at radius 1 is 1.00 bits per heavy atom. The third kappa shape index (κ3) is 6.04. The highest BCUT2D eigenvalue weighted by Crippen LogP contribution is 2.32. The van der Waals surface area contributed by atoms with Gasteiger partial charge in [0, 0.05) is 36.6 Å². The van der Waals surface area contributed by atoms with Gasteiger partial charge in [0.25, 0.3) is 0 Å². The molecule has 6 heteroatoms. The maximum Gasteiger partial charge on any atom is 0.239 e. The molecule has 0 spiro atoms. The summed E-state index contributed by atoms with van der Waals surface area (Å²) in [7, 11) is 0. The minimum atomic E-state index is -0.154. The lowest BCUT2D eigenvalue weighted by Crippen LogP contribution is -2.42. The summed E-state index contributed by atoms with van der Waals surface area (Å²) in [6.45, 7) is 6.19. The third-order valence-electron chi connectivity index (χ3n) is 4.83. The predicted molar refractivity (Wildman–Crippen MR) is 121 cm³/mol. The molecule has 1 aromatic heterocycles. The summed E-state index contributed by atoms with van der Waals surface area (Å²) in [5.74, 6) is 0.952. The van der Waals surface area contributed by atoms with E-state index in [1.165, 1.54) is 0 Å². The van der Waals surface area contributed by atoms with E-state index >= 15 is 0 Å². The van der Waals surface area contributed by atoms with Crippen LogP contribution in [0.25, 0.3) is 22.6 Å². The summed E-state index contributed by atoms with van der Waals surface area (Å²) in [6, 6.07) is 19.7. The molecule has 0 aliphatic heterocycles. The molecule has 0 atom stereocenters. The van der Waals surface area contributed by atoms with Gasteiger partial charge in [-0.3, -0.25) is 9.59 Å². The third-order valence-corrected chi connectivity index (χ3v) is 4.83. The highest BCUT2D eigenvalue weighted by Gasteiger charge is 2.20. The van der Waals surface area contributed by atoms with E-state index in [-0.39, 0.29) is 30.8 Å². The van der Waals surface area contributed by atoms with Gasteiger partial charge in [0.05, 0.1) is 6.54 Å². The number of rotatable bonds is 9. The Morgan fingerprint density at radius 2 is 1.61 bits per heavy atom. The summed E-state index contributed by atoms with van der Waals surface area (Å²) in [4.78, 5) is 31.0. The average molecular weight is 420 g/mol. The number of nitrogens with one attached hydrogen (secondary N) is 1. The van der Waals surface area contributed by atoms with Crippen LogP contribution >= 0.6 is 0 Å². The van der Waals surface area contributed by atoms with Gasteiger partial charge in [0.2, 0.25) is 11.8 Å². The zero-order chi connectivity index (χ0) is 22.2. The standard InChI is InChI=1S/C25H29N3O3/c1-4-28(17-21(29)26-18(2)3)23(30)16-15-22-27-24(19-11-7-5-8-12-19)25(31-22)20-13-9-6-10-14-20/h5-14,18H,4,15-17H2,1-3H3,(H,26,29). The molecule has 162 valence electrons. The molecule has 0 saturated carbocycles. The number of benzene rings is 2. The molecule has 2 aromatic carbocycles. The molecule has 0 bridgehead atoms. The fourth-order valence-electron chi connectivity index (χ4n) is 3.34. The fourth-order valence-corrected chi connectivity index (χ4v) is 3.34. The second-order valence-electron chi connectivity index (χ2n) is 7.65. The van der Waals surface area contributed by atoms with Crippen molar-refractivity contribution in [2.24, 2.45) is 0 Å². The zero-order valence-electron chi connectivity index (χ0n) is 18.3. The topological polar surface area (TPSA) is 75.4 Å². The average Bonchev–Trinajstić information content (AvgIpc) is 3.21. The van der Waals surface area contributed by atoms with Gasteiger partial charge < -0.3 is 14.6 Å². The molecule has 6 nitrogen and oxygen atoms in total. The lowest BCUT2D eigenvalue weighted by Gasteiger charge is -2.20. The van der Waals surface area contributed by atoms with Gasteiger partial charge in [-0.2, -0.15) is 0 Å². The van der Waals surface area contributed by atoms with E-state index in [4.69, 9.17) is 9.40 Å². The summed E-state index contributed by atoms with van der Waals surface area (Å²) in [6.07, 6.45) is 0.597. The number of hydrogen-bond donors (Lipinski definition) is 1. The quantitative estimate of drug-likeness (QED) is 0.561. The summed E-state index contributed by atoms with van der Waals surface area (Å²) in [5.41, 5.74) is 2.66. The molecule has 2 amide bonds. The van der Waals surface area contributed by atoms with Crippen LogP contribution in [0.4, 0.5) is 0 Å². The van der Waals surface area contributed by atoms with Crippen molar-refractivity contribution in [2.45, 2.75) is 39.7 Å². The van der Waals surface area contributed by atoms with Gasteiger partial charge in [-0.1, -0.05) is 60.7 Å². The van der Waals surface area contributed by atoms with Gasteiger partial charge in [-0.15, -0.1) is 0 Å². The van der Waals surface area contributed by atoms with Gasteiger partial charge in [-0.25, -0.2) is 4.98 Å². The zero-order valence-corrected chi connectivity index (χ0v) is 18.3. The molecular weight excluding hydrogens is 390 g/mol. The van der Waals surface area contributed by atoms with E-state index in [0.717, 1.165) is 16.8 Å². The molecule has 1 heterocycles. The van der Waals surface area contributed by atoms with Gasteiger partial charge in [0.15, 0.2) is 11.7 Å². The lowest BCUT2D eigenvalue weighted by molar-refractivity contribution is -0.136. The predicted octanol–water partition coefficient (Wildman–Crippen LogP) is 4.31. The van der Waals surface area contributed by atoms with E-state index in [1.807, 2.05) is 81.4 Å². The van der Waals surface area contributed by atoms with Crippen molar-refractivity contribution in [1.29, 1.82) is 0 Å². The Labute approximate surface area is 183 Å². The molecule has 1 N–H and O–H groups in total. The fraction of sp³-hybridized carbons (Fsp3) is 0.320. The number of aromatic nitrogens is 1. The number of carbonyl (C=O) groups is 2. The van der Waals surface area contributed by atoms with Gasteiger partial charge in [-0.05, 0) is 20.8 Å². The minimum absolute atomic E-state index is 0.0430. The SMILES string of the molecule is CCN(CC(=O)NC(C)C)C(=O)CCc1nc(-c2ccccc2)c(-c2ccccc2)o1. The van der Waals surface area contributed by atoms with Crippen LogP contribution in [-0.2, 0) is 16.0 Å². The van der Waals surface area contributed by atoms with Crippen LogP contribution < -0.4 is 5.32 Å². The van der Waals surface area contributed by atoms with Crippen LogP contribution in [0.5, 0.6) is 0 Å². The van der Waals surface area contributed by atoms with Crippen molar-refractivity contribution in [3.05, 3.63) is 66.6 Å². The Hall–Kier alpha value is -3.41. The van der Waals surface area contributed by atoms with Crippen molar-refractivity contribution in [2.75, 3.05) is 13.1 Å². The van der Waals surface area contributed by atoms with Crippen LogP contribution in [-0.4, -0.2) is 40.8 Å². The van der Waals surface area contributed by atoms with E-state index in [2.05, 4.69) is 5.32 Å². The van der Waals surface area contributed by atoms with E-state index < -0.39 is 0 Å². The Kier molecular flexibility index (Phi) is 7.60.